The van der Waals surface area contributed by atoms with Gasteiger partial charge in [-0.15, -0.1) is 0 Å². The smallest absolute Gasteiger partial charge is 0.253 e. The zero-order valence-corrected chi connectivity index (χ0v) is 16.5. The summed E-state index contributed by atoms with van der Waals surface area (Å²) in [5, 5.41) is 3.25. The molecule has 1 N–H and O–H groups in total. The summed E-state index contributed by atoms with van der Waals surface area (Å²) >= 11 is 0. The van der Waals surface area contributed by atoms with E-state index in [0.29, 0.717) is 17.9 Å². The van der Waals surface area contributed by atoms with Gasteiger partial charge in [-0.05, 0) is 60.5 Å². The molecular formula is C22H25N5O. The minimum absolute atomic E-state index is 0.0255. The second-order valence-corrected chi connectivity index (χ2v) is 6.83. The van der Waals surface area contributed by atoms with Crippen molar-refractivity contribution in [3.8, 4) is 0 Å². The van der Waals surface area contributed by atoms with E-state index in [1.807, 2.05) is 62.4 Å². The van der Waals surface area contributed by atoms with E-state index in [1.165, 1.54) is 0 Å². The first-order valence-electron chi connectivity index (χ1n) is 9.18. The molecule has 3 rings (SSSR count). The number of hydrogen-bond acceptors (Lipinski definition) is 5. The summed E-state index contributed by atoms with van der Waals surface area (Å²) in [6.45, 7) is 0.639. The van der Waals surface area contributed by atoms with Crippen LogP contribution in [0.1, 0.15) is 15.9 Å². The third-order valence-corrected chi connectivity index (χ3v) is 4.49. The van der Waals surface area contributed by atoms with Gasteiger partial charge in [0.2, 0.25) is 0 Å². The molecule has 2 heterocycles. The average molecular weight is 375 g/mol. The largest absolute Gasteiger partial charge is 0.378 e. The van der Waals surface area contributed by atoms with Crippen molar-refractivity contribution in [3.05, 3.63) is 78.2 Å². The molecule has 0 saturated heterocycles. The summed E-state index contributed by atoms with van der Waals surface area (Å²) in [6.07, 6.45) is 5.98. The molecule has 0 bridgehead atoms. The lowest BCUT2D eigenvalue weighted by atomic mass is 10.2. The zero-order valence-electron chi connectivity index (χ0n) is 16.5. The fraction of sp³-hybridized carbons (Fsp3) is 0.227. The Morgan fingerprint density at radius 1 is 0.964 bits per heavy atom. The van der Waals surface area contributed by atoms with Crippen LogP contribution in [0.4, 0.5) is 17.2 Å². The molecule has 1 aromatic carbocycles. The summed E-state index contributed by atoms with van der Waals surface area (Å²) in [5.41, 5.74) is 3.82. The van der Waals surface area contributed by atoms with Crippen LogP contribution in [0.5, 0.6) is 0 Å². The van der Waals surface area contributed by atoms with E-state index in [1.54, 1.807) is 35.6 Å². The molecule has 0 unspecified atom stereocenters. The minimum atomic E-state index is -0.0255. The van der Waals surface area contributed by atoms with E-state index in [4.69, 9.17) is 0 Å². The van der Waals surface area contributed by atoms with Crippen LogP contribution in [0.25, 0.3) is 0 Å². The summed E-state index contributed by atoms with van der Waals surface area (Å²) in [5.74, 6) is 0.619. The van der Waals surface area contributed by atoms with E-state index in [-0.39, 0.29) is 5.91 Å². The number of nitrogens with one attached hydrogen (secondary N) is 1. The van der Waals surface area contributed by atoms with E-state index >= 15 is 0 Å². The van der Waals surface area contributed by atoms with Crippen LogP contribution >= 0.6 is 0 Å². The molecule has 0 saturated carbocycles. The number of rotatable bonds is 7. The van der Waals surface area contributed by atoms with Crippen LogP contribution in [0.3, 0.4) is 0 Å². The summed E-state index contributed by atoms with van der Waals surface area (Å²) in [4.78, 5) is 24.9. The number of likely N-dealkylation sites (N-methyl/N-ethyl adjacent to an activating group) is 1. The third-order valence-electron chi connectivity index (χ3n) is 4.49. The molecule has 0 aliphatic rings. The maximum absolute atomic E-state index is 12.7. The highest BCUT2D eigenvalue weighted by molar-refractivity contribution is 5.94. The Morgan fingerprint density at radius 2 is 1.68 bits per heavy atom. The van der Waals surface area contributed by atoms with Crippen molar-refractivity contribution in [1.29, 1.82) is 0 Å². The van der Waals surface area contributed by atoms with Crippen molar-refractivity contribution in [2.45, 2.75) is 6.42 Å². The molecule has 2 aromatic heterocycles. The Balaban J connectivity index is 1.63. The van der Waals surface area contributed by atoms with Crippen LogP contribution in [0.15, 0.2) is 67.1 Å². The molecule has 0 aliphatic carbocycles. The number of carbonyl (C=O) groups is 1. The van der Waals surface area contributed by atoms with Crippen molar-refractivity contribution in [3.63, 3.8) is 0 Å². The van der Waals surface area contributed by atoms with Gasteiger partial charge in [-0.25, -0.2) is 4.98 Å². The van der Waals surface area contributed by atoms with E-state index in [0.717, 1.165) is 23.4 Å². The van der Waals surface area contributed by atoms with E-state index in [2.05, 4.69) is 15.3 Å². The zero-order chi connectivity index (χ0) is 19.9. The van der Waals surface area contributed by atoms with E-state index in [9.17, 15) is 4.79 Å². The maximum atomic E-state index is 12.7. The number of nitrogens with zero attached hydrogens (tertiary/aromatic N) is 4. The molecule has 144 valence electrons. The summed E-state index contributed by atoms with van der Waals surface area (Å²) < 4.78 is 0. The van der Waals surface area contributed by atoms with Gasteiger partial charge in [0.25, 0.3) is 5.91 Å². The molecule has 6 heteroatoms. The third kappa shape index (κ3) is 5.07. The first-order valence-corrected chi connectivity index (χ1v) is 9.18. The molecule has 0 aliphatic heterocycles. The van der Waals surface area contributed by atoms with Crippen molar-refractivity contribution in [1.82, 2.24) is 14.9 Å². The first kappa shape index (κ1) is 19.4. The van der Waals surface area contributed by atoms with E-state index < -0.39 is 0 Å². The van der Waals surface area contributed by atoms with Gasteiger partial charge in [0.1, 0.15) is 5.82 Å². The molecule has 6 nitrogen and oxygen atoms in total. The van der Waals surface area contributed by atoms with Gasteiger partial charge in [0.05, 0.1) is 0 Å². The fourth-order valence-electron chi connectivity index (χ4n) is 2.79. The molecular weight excluding hydrogens is 350 g/mol. The quantitative estimate of drug-likeness (QED) is 0.684. The van der Waals surface area contributed by atoms with Gasteiger partial charge in [-0.1, -0.05) is 0 Å². The Morgan fingerprint density at radius 3 is 2.36 bits per heavy atom. The van der Waals surface area contributed by atoms with Gasteiger partial charge in [-0.3, -0.25) is 9.78 Å². The minimum Gasteiger partial charge on any atom is -0.378 e. The van der Waals surface area contributed by atoms with Crippen LogP contribution in [-0.2, 0) is 6.42 Å². The second-order valence-electron chi connectivity index (χ2n) is 6.83. The molecule has 0 fully saturated rings. The van der Waals surface area contributed by atoms with Crippen molar-refractivity contribution < 1.29 is 4.79 Å². The Labute approximate surface area is 165 Å². The molecule has 3 aromatic rings. The van der Waals surface area contributed by atoms with Crippen molar-refractivity contribution >= 4 is 23.1 Å². The lowest BCUT2D eigenvalue weighted by molar-refractivity contribution is 0.0796. The number of hydrogen-bond donors (Lipinski definition) is 1. The highest BCUT2D eigenvalue weighted by Crippen LogP contribution is 2.20. The first-order chi connectivity index (χ1) is 13.5. The number of carbonyl (C=O) groups excluding carboxylic acids is 1. The topological polar surface area (TPSA) is 61.4 Å². The SMILES string of the molecule is CN(CCc1ccncc1)C(=O)c1ccnc(Nc2ccc(N(C)C)cc2)c1. The predicted octanol–water partition coefficient (Wildman–Crippen LogP) is 3.60. The summed E-state index contributed by atoms with van der Waals surface area (Å²) in [7, 11) is 5.82. The number of amides is 1. The fourth-order valence-corrected chi connectivity index (χ4v) is 2.79. The summed E-state index contributed by atoms with van der Waals surface area (Å²) in [6, 6.07) is 15.5. The van der Waals surface area contributed by atoms with Crippen LogP contribution in [0.2, 0.25) is 0 Å². The molecule has 0 spiro atoms. The van der Waals surface area contributed by atoms with Crippen LogP contribution in [-0.4, -0.2) is 48.5 Å². The van der Waals surface area contributed by atoms with Crippen LogP contribution in [0, 0.1) is 0 Å². The highest BCUT2D eigenvalue weighted by Gasteiger charge is 2.12. The van der Waals surface area contributed by atoms with Crippen LogP contribution < -0.4 is 10.2 Å². The Kier molecular flexibility index (Phi) is 6.22. The molecule has 0 radical (unpaired) electrons. The van der Waals surface area contributed by atoms with Gasteiger partial charge >= 0.3 is 0 Å². The number of benzene rings is 1. The lowest BCUT2D eigenvalue weighted by Crippen LogP contribution is -2.28. The van der Waals surface area contributed by atoms with Gasteiger partial charge in [0, 0.05) is 63.2 Å². The molecule has 1 amide bonds. The van der Waals surface area contributed by atoms with Gasteiger partial charge in [0.15, 0.2) is 0 Å². The number of aromatic nitrogens is 2. The second kappa shape index (κ2) is 8.99. The highest BCUT2D eigenvalue weighted by atomic mass is 16.2. The maximum Gasteiger partial charge on any atom is 0.253 e. The van der Waals surface area contributed by atoms with Gasteiger partial charge < -0.3 is 15.1 Å². The normalized spacial score (nSPS) is 10.4. The van der Waals surface area contributed by atoms with Crippen molar-refractivity contribution in [2.75, 3.05) is 37.9 Å². The molecule has 0 atom stereocenters. The number of anilines is 3. The monoisotopic (exact) mass is 375 g/mol. The molecule has 28 heavy (non-hydrogen) atoms. The Bertz CT molecular complexity index is 910. The van der Waals surface area contributed by atoms with Gasteiger partial charge in [-0.2, -0.15) is 0 Å². The standard InChI is InChI=1S/C22H25N5O/c1-26(2)20-6-4-19(5-7-20)25-21-16-18(10-14-24-21)22(28)27(3)15-11-17-8-12-23-13-9-17/h4-10,12-14,16H,11,15H2,1-3H3,(H,24,25). The predicted molar refractivity (Wildman–Crippen MR) is 113 cm³/mol. The number of pyridine rings is 2. The average Bonchev–Trinajstić information content (AvgIpc) is 2.73. The Hall–Kier alpha value is -3.41. The lowest BCUT2D eigenvalue weighted by Gasteiger charge is -2.18. The van der Waals surface area contributed by atoms with Crippen molar-refractivity contribution in [2.24, 2.45) is 0 Å².